The molecule has 5 nitrogen and oxygen atoms in total. The first-order valence-electron chi connectivity index (χ1n) is 6.82. The fourth-order valence-electron chi connectivity index (χ4n) is 2.53. The van der Waals surface area contributed by atoms with E-state index in [1.807, 2.05) is 53.4 Å². The van der Waals surface area contributed by atoms with Gasteiger partial charge in [0.25, 0.3) is 0 Å². The standard InChI is InChI=1S/C16H14N4O/c1-10(21)16-18-12-7-6-11(8-14(12)19-16)20-9-17-13-4-2-3-5-15(13)20/h2-10,21H,1H3,(H,18,19)/t10-/m1/s1. The molecule has 0 spiro atoms. The number of aliphatic hydroxyl groups excluding tert-OH is 1. The number of aromatic amines is 1. The Balaban J connectivity index is 1.90. The van der Waals surface area contributed by atoms with E-state index in [9.17, 15) is 5.11 Å². The van der Waals surface area contributed by atoms with Gasteiger partial charge in [-0.1, -0.05) is 12.1 Å². The van der Waals surface area contributed by atoms with Gasteiger partial charge in [0, 0.05) is 5.69 Å². The summed E-state index contributed by atoms with van der Waals surface area (Å²) in [4.78, 5) is 11.9. The summed E-state index contributed by atoms with van der Waals surface area (Å²) in [5.41, 5.74) is 4.79. The SMILES string of the molecule is C[C@@H](O)c1nc2ccc(-n3cnc4ccccc43)cc2[nH]1. The molecule has 5 heteroatoms. The van der Waals surface area contributed by atoms with Crippen LogP contribution in [-0.4, -0.2) is 24.6 Å². The van der Waals surface area contributed by atoms with Crippen molar-refractivity contribution in [1.29, 1.82) is 0 Å². The van der Waals surface area contributed by atoms with Crippen molar-refractivity contribution in [2.75, 3.05) is 0 Å². The maximum atomic E-state index is 9.61. The van der Waals surface area contributed by atoms with E-state index in [1.165, 1.54) is 0 Å². The lowest BCUT2D eigenvalue weighted by atomic mass is 10.2. The Kier molecular flexibility index (Phi) is 2.55. The number of hydrogen-bond acceptors (Lipinski definition) is 3. The van der Waals surface area contributed by atoms with Gasteiger partial charge in [0.1, 0.15) is 18.3 Å². The molecule has 2 N–H and O–H groups in total. The van der Waals surface area contributed by atoms with Crippen LogP contribution in [0.4, 0.5) is 0 Å². The van der Waals surface area contributed by atoms with E-state index in [0.29, 0.717) is 5.82 Å². The lowest BCUT2D eigenvalue weighted by Gasteiger charge is -2.03. The summed E-state index contributed by atoms with van der Waals surface area (Å²) in [7, 11) is 0. The van der Waals surface area contributed by atoms with Crippen LogP contribution in [0.5, 0.6) is 0 Å². The molecule has 0 aliphatic carbocycles. The van der Waals surface area contributed by atoms with Gasteiger partial charge >= 0.3 is 0 Å². The van der Waals surface area contributed by atoms with Crippen LogP contribution in [0.1, 0.15) is 18.9 Å². The Labute approximate surface area is 120 Å². The third-order valence-corrected chi connectivity index (χ3v) is 3.61. The molecule has 0 bridgehead atoms. The molecule has 2 aromatic heterocycles. The van der Waals surface area contributed by atoms with Crippen LogP contribution in [0.2, 0.25) is 0 Å². The zero-order valence-corrected chi connectivity index (χ0v) is 11.5. The van der Waals surface area contributed by atoms with Crippen molar-refractivity contribution in [2.24, 2.45) is 0 Å². The fraction of sp³-hybridized carbons (Fsp3) is 0.125. The number of rotatable bonds is 2. The molecule has 0 radical (unpaired) electrons. The number of H-pyrrole nitrogens is 1. The summed E-state index contributed by atoms with van der Waals surface area (Å²) in [6.45, 7) is 1.70. The summed E-state index contributed by atoms with van der Waals surface area (Å²) in [6.07, 6.45) is 1.22. The number of imidazole rings is 2. The zero-order valence-electron chi connectivity index (χ0n) is 11.5. The molecular formula is C16H14N4O. The zero-order chi connectivity index (χ0) is 14.4. The summed E-state index contributed by atoms with van der Waals surface area (Å²) in [5, 5.41) is 9.61. The van der Waals surface area contributed by atoms with Crippen molar-refractivity contribution in [1.82, 2.24) is 19.5 Å². The highest BCUT2D eigenvalue weighted by Crippen LogP contribution is 2.22. The summed E-state index contributed by atoms with van der Waals surface area (Å²) in [6, 6.07) is 14.0. The van der Waals surface area contributed by atoms with Crippen molar-refractivity contribution >= 4 is 22.1 Å². The van der Waals surface area contributed by atoms with E-state index in [4.69, 9.17) is 0 Å². The van der Waals surface area contributed by atoms with Gasteiger partial charge in [0.2, 0.25) is 0 Å². The molecule has 0 amide bonds. The Morgan fingerprint density at radius 3 is 2.86 bits per heavy atom. The first-order valence-corrected chi connectivity index (χ1v) is 6.82. The minimum Gasteiger partial charge on any atom is -0.385 e. The molecule has 0 aliphatic rings. The molecule has 21 heavy (non-hydrogen) atoms. The van der Waals surface area contributed by atoms with E-state index in [-0.39, 0.29) is 0 Å². The highest BCUT2D eigenvalue weighted by molar-refractivity contribution is 5.81. The molecule has 0 saturated carbocycles. The molecular weight excluding hydrogens is 264 g/mol. The molecule has 0 unspecified atom stereocenters. The Bertz CT molecular complexity index is 936. The first-order chi connectivity index (χ1) is 10.2. The number of para-hydroxylation sites is 2. The van der Waals surface area contributed by atoms with Crippen molar-refractivity contribution in [3.8, 4) is 5.69 Å². The van der Waals surface area contributed by atoms with E-state index < -0.39 is 6.10 Å². The highest BCUT2D eigenvalue weighted by atomic mass is 16.3. The average molecular weight is 278 g/mol. The van der Waals surface area contributed by atoms with Gasteiger partial charge < -0.3 is 10.1 Å². The van der Waals surface area contributed by atoms with Crippen LogP contribution in [-0.2, 0) is 0 Å². The lowest BCUT2D eigenvalue weighted by molar-refractivity contribution is 0.190. The maximum absolute atomic E-state index is 9.61. The third-order valence-electron chi connectivity index (χ3n) is 3.61. The second-order valence-electron chi connectivity index (χ2n) is 5.10. The van der Waals surface area contributed by atoms with Crippen LogP contribution in [0.3, 0.4) is 0 Å². The molecule has 0 aliphatic heterocycles. The summed E-state index contributed by atoms with van der Waals surface area (Å²) < 4.78 is 2.04. The average Bonchev–Trinajstić information content (AvgIpc) is 3.10. The molecule has 104 valence electrons. The number of aliphatic hydroxyl groups is 1. The molecule has 1 atom stereocenters. The smallest absolute Gasteiger partial charge is 0.135 e. The van der Waals surface area contributed by atoms with E-state index >= 15 is 0 Å². The van der Waals surface area contributed by atoms with E-state index in [2.05, 4.69) is 15.0 Å². The highest BCUT2D eigenvalue weighted by Gasteiger charge is 2.09. The monoisotopic (exact) mass is 278 g/mol. The van der Waals surface area contributed by atoms with Gasteiger partial charge in [-0.15, -0.1) is 0 Å². The first kappa shape index (κ1) is 12.1. The number of hydrogen-bond donors (Lipinski definition) is 2. The minimum absolute atomic E-state index is 0.581. The molecule has 4 rings (SSSR count). The van der Waals surface area contributed by atoms with E-state index in [1.54, 1.807) is 6.92 Å². The van der Waals surface area contributed by atoms with Crippen LogP contribution >= 0.6 is 0 Å². The number of fused-ring (bicyclic) bond motifs is 2. The predicted octanol–water partition coefficient (Wildman–Crippen LogP) is 2.96. The van der Waals surface area contributed by atoms with Crippen molar-refractivity contribution in [3.63, 3.8) is 0 Å². The van der Waals surface area contributed by atoms with Gasteiger partial charge in [-0.25, -0.2) is 9.97 Å². The van der Waals surface area contributed by atoms with Gasteiger partial charge in [-0.3, -0.25) is 4.57 Å². The minimum atomic E-state index is -0.602. The topological polar surface area (TPSA) is 66.7 Å². The fourth-order valence-corrected chi connectivity index (χ4v) is 2.53. The van der Waals surface area contributed by atoms with Gasteiger partial charge in [-0.2, -0.15) is 0 Å². The Morgan fingerprint density at radius 2 is 2.00 bits per heavy atom. The maximum Gasteiger partial charge on any atom is 0.135 e. The predicted molar refractivity (Wildman–Crippen MR) is 81.4 cm³/mol. The van der Waals surface area contributed by atoms with Crippen LogP contribution in [0.15, 0.2) is 48.8 Å². The van der Waals surface area contributed by atoms with Crippen LogP contribution in [0, 0.1) is 0 Å². The molecule has 2 aromatic carbocycles. The second kappa shape index (κ2) is 4.43. The quantitative estimate of drug-likeness (QED) is 0.592. The van der Waals surface area contributed by atoms with Crippen LogP contribution in [0.25, 0.3) is 27.8 Å². The van der Waals surface area contributed by atoms with Crippen molar-refractivity contribution in [3.05, 3.63) is 54.6 Å². The molecule has 4 aromatic rings. The normalized spacial score (nSPS) is 13.0. The Morgan fingerprint density at radius 1 is 1.14 bits per heavy atom. The number of aromatic nitrogens is 4. The van der Waals surface area contributed by atoms with Crippen LogP contribution < -0.4 is 0 Å². The lowest BCUT2D eigenvalue weighted by Crippen LogP contribution is -1.92. The second-order valence-corrected chi connectivity index (χ2v) is 5.10. The molecule has 0 saturated heterocycles. The van der Waals surface area contributed by atoms with Crippen molar-refractivity contribution < 1.29 is 5.11 Å². The number of nitrogens with zero attached hydrogens (tertiary/aromatic N) is 3. The largest absolute Gasteiger partial charge is 0.385 e. The number of nitrogens with one attached hydrogen (secondary N) is 1. The van der Waals surface area contributed by atoms with Crippen molar-refractivity contribution in [2.45, 2.75) is 13.0 Å². The van der Waals surface area contributed by atoms with Gasteiger partial charge in [0.15, 0.2) is 0 Å². The van der Waals surface area contributed by atoms with Gasteiger partial charge in [-0.05, 0) is 37.3 Å². The molecule has 2 heterocycles. The summed E-state index contributed by atoms with van der Waals surface area (Å²) in [5.74, 6) is 0.581. The third kappa shape index (κ3) is 1.90. The Hall–Kier alpha value is -2.66. The number of benzene rings is 2. The van der Waals surface area contributed by atoms with Gasteiger partial charge in [0.05, 0.1) is 22.1 Å². The molecule has 0 fully saturated rings. The van der Waals surface area contributed by atoms with E-state index in [0.717, 1.165) is 27.8 Å². The summed E-state index contributed by atoms with van der Waals surface area (Å²) >= 11 is 0.